The van der Waals surface area contributed by atoms with Crippen LogP contribution in [0.4, 0.5) is 5.69 Å². The fourth-order valence-corrected chi connectivity index (χ4v) is 2.72. The lowest BCUT2D eigenvalue weighted by molar-refractivity contribution is 0.752. The molecule has 1 aliphatic rings. The Morgan fingerprint density at radius 2 is 1.29 bits per heavy atom. The van der Waals surface area contributed by atoms with Crippen LogP contribution >= 0.6 is 0 Å². The van der Waals surface area contributed by atoms with Crippen molar-refractivity contribution in [1.29, 1.82) is 0 Å². The second-order valence-electron chi connectivity index (χ2n) is 5.52. The molecule has 0 amide bonds. The van der Waals surface area contributed by atoms with Gasteiger partial charge in [0, 0.05) is 11.3 Å². The molecule has 0 saturated carbocycles. The summed E-state index contributed by atoms with van der Waals surface area (Å²) >= 11 is 0. The van der Waals surface area contributed by atoms with Gasteiger partial charge in [-0.1, -0.05) is 78.9 Å². The normalized spacial score (nSPS) is 16.8. The summed E-state index contributed by atoms with van der Waals surface area (Å²) < 4.78 is 0. The van der Waals surface area contributed by atoms with E-state index < -0.39 is 0 Å². The predicted molar refractivity (Wildman–Crippen MR) is 98.5 cm³/mol. The minimum absolute atomic E-state index is 0.179. The molecule has 24 heavy (non-hydrogen) atoms. The summed E-state index contributed by atoms with van der Waals surface area (Å²) in [6.45, 7) is 0. The molecule has 0 aromatic heterocycles. The molecule has 1 unspecified atom stereocenters. The SMILES string of the molecule is [C]1=NC(c2ccccc2)=NC(c2ccccc2)N1c1ccccc1. The maximum absolute atomic E-state index is 4.89. The quantitative estimate of drug-likeness (QED) is 0.697. The third-order valence-electron chi connectivity index (χ3n) is 3.92. The van der Waals surface area contributed by atoms with Crippen LogP contribution in [0.5, 0.6) is 0 Å². The van der Waals surface area contributed by atoms with E-state index in [0.29, 0.717) is 5.84 Å². The molecule has 3 aromatic carbocycles. The number of anilines is 1. The van der Waals surface area contributed by atoms with E-state index in [4.69, 9.17) is 4.99 Å². The predicted octanol–water partition coefficient (Wildman–Crippen LogP) is 4.56. The molecule has 0 saturated heterocycles. The monoisotopic (exact) mass is 310 g/mol. The van der Waals surface area contributed by atoms with Crippen LogP contribution in [0, 0.1) is 0 Å². The Balaban J connectivity index is 1.78. The van der Waals surface area contributed by atoms with Crippen LogP contribution in [0.1, 0.15) is 17.3 Å². The summed E-state index contributed by atoms with van der Waals surface area (Å²) in [6, 6.07) is 30.4. The smallest absolute Gasteiger partial charge is 0.181 e. The van der Waals surface area contributed by atoms with Crippen LogP contribution < -0.4 is 4.90 Å². The van der Waals surface area contributed by atoms with Gasteiger partial charge in [0.05, 0.1) is 0 Å². The van der Waals surface area contributed by atoms with Gasteiger partial charge < -0.3 is 0 Å². The summed E-state index contributed by atoms with van der Waals surface area (Å²) in [6.07, 6.45) is 2.98. The lowest BCUT2D eigenvalue weighted by atomic mass is 10.1. The summed E-state index contributed by atoms with van der Waals surface area (Å²) in [4.78, 5) is 11.3. The first-order valence-electron chi connectivity index (χ1n) is 7.91. The molecule has 0 bridgehead atoms. The third-order valence-corrected chi connectivity index (χ3v) is 3.92. The first-order chi connectivity index (χ1) is 11.9. The number of amidine groups is 1. The zero-order valence-electron chi connectivity index (χ0n) is 13.1. The maximum atomic E-state index is 4.89. The molecule has 3 nitrogen and oxygen atoms in total. The van der Waals surface area contributed by atoms with Crippen molar-refractivity contribution in [3.8, 4) is 0 Å². The van der Waals surface area contributed by atoms with Crippen LogP contribution in [0.3, 0.4) is 0 Å². The summed E-state index contributed by atoms with van der Waals surface area (Å²) in [7, 11) is 0. The molecule has 3 aromatic rings. The molecule has 1 atom stereocenters. The Hall–Kier alpha value is -3.20. The summed E-state index contributed by atoms with van der Waals surface area (Å²) in [5.41, 5.74) is 3.13. The van der Waals surface area contributed by atoms with E-state index in [1.54, 1.807) is 0 Å². The Morgan fingerprint density at radius 1 is 0.708 bits per heavy atom. The minimum atomic E-state index is -0.179. The number of nitrogens with zero attached hydrogens (tertiary/aromatic N) is 3. The number of rotatable bonds is 3. The first kappa shape index (κ1) is 14.4. The van der Waals surface area contributed by atoms with E-state index >= 15 is 0 Å². The van der Waals surface area contributed by atoms with E-state index in [1.165, 1.54) is 0 Å². The van der Waals surface area contributed by atoms with Gasteiger partial charge in [0.2, 0.25) is 0 Å². The van der Waals surface area contributed by atoms with Crippen LogP contribution in [0.25, 0.3) is 0 Å². The minimum Gasteiger partial charge on any atom is -0.296 e. The van der Waals surface area contributed by atoms with Gasteiger partial charge in [0.25, 0.3) is 0 Å². The number of aliphatic imine (C=N–C) groups is 2. The van der Waals surface area contributed by atoms with Gasteiger partial charge in [0.1, 0.15) is 0 Å². The lowest BCUT2D eigenvalue weighted by Crippen LogP contribution is -2.30. The van der Waals surface area contributed by atoms with Crippen LogP contribution in [0.15, 0.2) is 101 Å². The number of para-hydroxylation sites is 1. The Morgan fingerprint density at radius 3 is 1.96 bits per heavy atom. The average molecular weight is 310 g/mol. The Bertz CT molecular complexity index is 855. The Kier molecular flexibility index (Phi) is 3.90. The molecular weight excluding hydrogens is 294 g/mol. The van der Waals surface area contributed by atoms with E-state index in [0.717, 1.165) is 16.8 Å². The molecule has 1 radical (unpaired) electrons. The fraction of sp³-hybridized carbons (Fsp3) is 0.0476. The number of benzene rings is 3. The second kappa shape index (κ2) is 6.50. The van der Waals surface area contributed by atoms with Gasteiger partial charge in [0.15, 0.2) is 18.3 Å². The van der Waals surface area contributed by atoms with Crippen molar-refractivity contribution in [1.82, 2.24) is 0 Å². The molecule has 0 spiro atoms. The van der Waals surface area contributed by atoms with Crippen molar-refractivity contribution in [2.75, 3.05) is 4.90 Å². The van der Waals surface area contributed by atoms with Crippen molar-refractivity contribution < 1.29 is 0 Å². The molecule has 1 heterocycles. The number of hydrogen-bond donors (Lipinski definition) is 0. The van der Waals surface area contributed by atoms with Gasteiger partial charge in [-0.05, 0) is 17.7 Å². The zero-order chi connectivity index (χ0) is 16.2. The van der Waals surface area contributed by atoms with Crippen LogP contribution in [-0.4, -0.2) is 12.2 Å². The van der Waals surface area contributed by atoms with Crippen molar-refractivity contribution >= 4 is 17.9 Å². The average Bonchev–Trinajstić information content (AvgIpc) is 2.69. The van der Waals surface area contributed by atoms with E-state index in [-0.39, 0.29) is 6.17 Å². The van der Waals surface area contributed by atoms with Crippen molar-refractivity contribution in [3.05, 3.63) is 102 Å². The molecule has 3 heteroatoms. The lowest BCUT2D eigenvalue weighted by Gasteiger charge is -2.29. The molecular formula is C21H16N3. The van der Waals surface area contributed by atoms with E-state index in [2.05, 4.69) is 23.5 Å². The molecule has 0 aliphatic carbocycles. The van der Waals surface area contributed by atoms with Gasteiger partial charge in [-0.2, -0.15) is 0 Å². The third kappa shape index (κ3) is 2.84. The maximum Gasteiger partial charge on any atom is 0.181 e. The highest BCUT2D eigenvalue weighted by Crippen LogP contribution is 2.30. The molecule has 4 rings (SSSR count). The van der Waals surface area contributed by atoms with Gasteiger partial charge in [-0.3, -0.25) is 4.90 Å². The van der Waals surface area contributed by atoms with Gasteiger partial charge in [-0.25, -0.2) is 9.98 Å². The molecule has 0 N–H and O–H groups in total. The highest BCUT2D eigenvalue weighted by Gasteiger charge is 2.24. The molecule has 0 fully saturated rings. The van der Waals surface area contributed by atoms with Gasteiger partial charge >= 0.3 is 0 Å². The molecule has 1 aliphatic heterocycles. The highest BCUT2D eigenvalue weighted by atomic mass is 15.3. The summed E-state index contributed by atoms with van der Waals surface area (Å²) in [5.74, 6) is 0.705. The summed E-state index contributed by atoms with van der Waals surface area (Å²) in [5, 5.41) is 0. The van der Waals surface area contributed by atoms with Crippen molar-refractivity contribution in [3.63, 3.8) is 0 Å². The van der Waals surface area contributed by atoms with Crippen LogP contribution in [0.2, 0.25) is 0 Å². The van der Waals surface area contributed by atoms with Gasteiger partial charge in [-0.15, -0.1) is 0 Å². The first-order valence-corrected chi connectivity index (χ1v) is 7.91. The van der Waals surface area contributed by atoms with Crippen molar-refractivity contribution in [2.45, 2.75) is 6.17 Å². The standard InChI is InChI=1S/C21H16N3/c1-4-10-17(11-5-1)20-22-16-24(19-14-8-3-9-15-19)21(23-20)18-12-6-2-7-13-18/h1-15,21H. The fourth-order valence-electron chi connectivity index (χ4n) is 2.72. The van der Waals surface area contributed by atoms with E-state index in [1.807, 2.05) is 83.8 Å². The molecule has 115 valence electrons. The Labute approximate surface area is 141 Å². The topological polar surface area (TPSA) is 28.0 Å². The van der Waals surface area contributed by atoms with Crippen LogP contribution in [-0.2, 0) is 0 Å². The number of hydrogen-bond acceptors (Lipinski definition) is 3. The zero-order valence-corrected chi connectivity index (χ0v) is 13.1. The second-order valence-corrected chi connectivity index (χ2v) is 5.52. The van der Waals surface area contributed by atoms with E-state index in [9.17, 15) is 0 Å². The van der Waals surface area contributed by atoms with Crippen molar-refractivity contribution in [2.24, 2.45) is 9.98 Å². The highest BCUT2D eigenvalue weighted by molar-refractivity contribution is 6.06. The largest absolute Gasteiger partial charge is 0.296 e.